The number of carbonyl (C=O) groups excluding carboxylic acids is 2. The number of nitrogens with zero attached hydrogens (tertiary/aromatic N) is 2. The van der Waals surface area contributed by atoms with Gasteiger partial charge < -0.3 is 20.7 Å². The minimum absolute atomic E-state index is 0.00343. The average Bonchev–Trinajstić information content (AvgIpc) is 3.38. The molecule has 2 amide bonds. The molecule has 0 bridgehead atoms. The van der Waals surface area contributed by atoms with E-state index in [2.05, 4.69) is 25.9 Å². The van der Waals surface area contributed by atoms with E-state index in [1.165, 1.54) is 0 Å². The van der Waals surface area contributed by atoms with Crippen LogP contribution in [0.15, 0.2) is 30.3 Å². The van der Waals surface area contributed by atoms with Gasteiger partial charge >= 0.3 is 6.09 Å². The second-order valence-corrected chi connectivity index (χ2v) is 10.5. The molecule has 9 heteroatoms. The average molecular weight is 492 g/mol. The van der Waals surface area contributed by atoms with Gasteiger partial charge in [-0.25, -0.2) is 19.2 Å². The number of hydrogen-bond acceptors (Lipinski definition) is 6. The number of carbonyl (C=O) groups is 2. The fourth-order valence-electron chi connectivity index (χ4n) is 5.03. The lowest BCUT2D eigenvalue weighted by Crippen LogP contribution is -2.38. The van der Waals surface area contributed by atoms with E-state index in [-0.39, 0.29) is 18.0 Å². The number of aromatic nitrogens is 2. The molecule has 3 N–H and O–H groups in total. The number of ether oxygens (including phenoxy) is 1. The third-order valence-electron chi connectivity index (χ3n) is 6.58. The molecule has 36 heavy (non-hydrogen) atoms. The first-order valence-corrected chi connectivity index (χ1v) is 12.2. The number of alkyl carbamates (subject to hydrolysis) is 1. The summed E-state index contributed by atoms with van der Waals surface area (Å²) in [7, 11) is 0. The molecule has 1 aromatic heterocycles. The third kappa shape index (κ3) is 4.69. The van der Waals surface area contributed by atoms with Crippen LogP contribution in [0.5, 0.6) is 0 Å². The Morgan fingerprint density at radius 3 is 2.67 bits per heavy atom. The summed E-state index contributed by atoms with van der Waals surface area (Å²) >= 11 is 0. The summed E-state index contributed by atoms with van der Waals surface area (Å²) in [6.07, 6.45) is 1.96. The number of rotatable bonds is 4. The Balaban J connectivity index is 1.35. The van der Waals surface area contributed by atoms with Crippen LogP contribution in [0.25, 0.3) is 22.0 Å². The Morgan fingerprint density at radius 1 is 1.11 bits per heavy atom. The summed E-state index contributed by atoms with van der Waals surface area (Å²) in [5.41, 5.74) is 2.77. The van der Waals surface area contributed by atoms with Gasteiger partial charge in [0, 0.05) is 24.2 Å². The van der Waals surface area contributed by atoms with Gasteiger partial charge in [-0.05, 0) is 70.2 Å². The summed E-state index contributed by atoms with van der Waals surface area (Å²) in [5.74, 6) is -0.203. The second-order valence-electron chi connectivity index (χ2n) is 10.5. The van der Waals surface area contributed by atoms with Crippen molar-refractivity contribution in [1.29, 1.82) is 0 Å². The summed E-state index contributed by atoms with van der Waals surface area (Å²) in [4.78, 5) is 33.5. The number of nitrogens with one attached hydrogen (secondary N) is 3. The van der Waals surface area contributed by atoms with E-state index in [1.54, 1.807) is 25.1 Å². The van der Waals surface area contributed by atoms with Gasteiger partial charge in [-0.3, -0.25) is 4.79 Å². The first-order chi connectivity index (χ1) is 17.1. The van der Waals surface area contributed by atoms with Crippen molar-refractivity contribution in [1.82, 2.24) is 20.6 Å². The van der Waals surface area contributed by atoms with Crippen LogP contribution < -0.4 is 16.0 Å². The van der Waals surface area contributed by atoms with Crippen molar-refractivity contribution in [2.75, 3.05) is 5.32 Å². The van der Waals surface area contributed by atoms with Crippen molar-refractivity contribution in [2.45, 2.75) is 71.2 Å². The fraction of sp³-hybridized carbons (Fsp3) is 0.407. The molecule has 8 nitrogen and oxygen atoms in total. The largest absolute Gasteiger partial charge is 0.444 e. The van der Waals surface area contributed by atoms with Crippen LogP contribution in [0, 0.1) is 12.7 Å². The Bertz CT molecular complexity index is 1370. The lowest BCUT2D eigenvalue weighted by molar-refractivity contribution is 0.0505. The fourth-order valence-corrected chi connectivity index (χ4v) is 5.03. The smallest absolute Gasteiger partial charge is 0.407 e. The second kappa shape index (κ2) is 9.04. The SMILES string of the molecule is Cc1nc(N[C@@H]2CC[C@H](NC(=O)OC(C)(C)C)C2)nc2ccc(-c3cccc4c3C(=O)NC4)c(F)c12. The number of fused-ring (bicyclic) bond motifs is 2. The van der Waals surface area contributed by atoms with Crippen molar-refractivity contribution < 1.29 is 18.7 Å². The van der Waals surface area contributed by atoms with Gasteiger partial charge in [-0.15, -0.1) is 0 Å². The standard InChI is InChI=1S/C27H30FN5O3/c1-14-21-20(11-10-19(23(21)28)18-7-5-6-15-13-29-24(34)22(15)18)33-25(30-14)31-16-8-9-17(12-16)32-26(35)36-27(2,3)4/h5-7,10-11,16-17H,8-9,12-13H2,1-4H3,(H,29,34)(H,32,35)(H,30,31,33)/t16-,17+/m1/s1. The predicted octanol–water partition coefficient (Wildman–Crippen LogP) is 4.85. The van der Waals surface area contributed by atoms with E-state index >= 15 is 4.39 Å². The highest BCUT2D eigenvalue weighted by Crippen LogP contribution is 2.35. The minimum Gasteiger partial charge on any atom is -0.444 e. The topological polar surface area (TPSA) is 105 Å². The Hall–Kier alpha value is -3.75. The highest BCUT2D eigenvalue weighted by Gasteiger charge is 2.29. The maximum atomic E-state index is 15.8. The first-order valence-electron chi connectivity index (χ1n) is 12.2. The molecule has 5 rings (SSSR count). The Labute approximate surface area is 209 Å². The Kier molecular flexibility index (Phi) is 6.02. The molecule has 1 saturated carbocycles. The molecule has 2 heterocycles. The normalized spacial score (nSPS) is 19.2. The van der Waals surface area contributed by atoms with Gasteiger partial charge in [0.25, 0.3) is 5.91 Å². The molecular weight excluding hydrogens is 461 g/mol. The van der Waals surface area contributed by atoms with Gasteiger partial charge in [-0.2, -0.15) is 0 Å². The zero-order valence-corrected chi connectivity index (χ0v) is 20.9. The summed E-state index contributed by atoms with van der Waals surface area (Å²) in [6.45, 7) is 7.70. The molecular formula is C27H30FN5O3. The molecule has 0 unspecified atom stereocenters. The lowest BCUT2D eigenvalue weighted by Gasteiger charge is -2.22. The van der Waals surface area contributed by atoms with E-state index in [4.69, 9.17) is 4.74 Å². The number of amides is 2. The number of aryl methyl sites for hydroxylation is 1. The molecule has 0 saturated heterocycles. The van der Waals surface area contributed by atoms with E-state index in [0.29, 0.717) is 52.2 Å². The molecule has 2 aromatic carbocycles. The molecule has 1 aliphatic heterocycles. The molecule has 3 aromatic rings. The molecule has 1 aliphatic carbocycles. The molecule has 1 fully saturated rings. The van der Waals surface area contributed by atoms with Crippen molar-refractivity contribution in [3.8, 4) is 11.1 Å². The van der Waals surface area contributed by atoms with Crippen molar-refractivity contribution in [3.05, 3.63) is 53.0 Å². The monoisotopic (exact) mass is 491 g/mol. The minimum atomic E-state index is -0.543. The van der Waals surface area contributed by atoms with E-state index in [0.717, 1.165) is 18.4 Å². The van der Waals surface area contributed by atoms with Crippen LogP contribution in [0.1, 0.15) is 61.6 Å². The van der Waals surface area contributed by atoms with Crippen LogP contribution >= 0.6 is 0 Å². The van der Waals surface area contributed by atoms with Gasteiger partial charge in [0.05, 0.1) is 22.2 Å². The molecule has 0 radical (unpaired) electrons. The van der Waals surface area contributed by atoms with Gasteiger partial charge in [0.1, 0.15) is 11.4 Å². The third-order valence-corrected chi connectivity index (χ3v) is 6.58. The van der Waals surface area contributed by atoms with E-state index in [9.17, 15) is 9.59 Å². The molecule has 188 valence electrons. The zero-order valence-electron chi connectivity index (χ0n) is 20.9. The summed E-state index contributed by atoms with van der Waals surface area (Å²) in [6, 6.07) is 8.99. The van der Waals surface area contributed by atoms with E-state index < -0.39 is 17.5 Å². The van der Waals surface area contributed by atoms with Crippen molar-refractivity contribution in [2.24, 2.45) is 0 Å². The van der Waals surface area contributed by atoms with Crippen LogP contribution in [0.4, 0.5) is 15.1 Å². The zero-order chi connectivity index (χ0) is 25.6. The lowest BCUT2D eigenvalue weighted by atomic mass is 9.95. The molecule has 0 spiro atoms. The van der Waals surface area contributed by atoms with Crippen LogP contribution in [0.3, 0.4) is 0 Å². The molecule has 2 atom stereocenters. The Morgan fingerprint density at radius 2 is 1.89 bits per heavy atom. The highest BCUT2D eigenvalue weighted by atomic mass is 19.1. The number of benzene rings is 2. The van der Waals surface area contributed by atoms with Crippen LogP contribution in [-0.4, -0.2) is 39.7 Å². The maximum absolute atomic E-state index is 15.8. The van der Waals surface area contributed by atoms with Crippen LogP contribution in [-0.2, 0) is 11.3 Å². The maximum Gasteiger partial charge on any atom is 0.407 e. The predicted molar refractivity (Wildman–Crippen MR) is 135 cm³/mol. The number of anilines is 1. The van der Waals surface area contributed by atoms with Crippen molar-refractivity contribution >= 4 is 28.9 Å². The first kappa shape index (κ1) is 24.0. The van der Waals surface area contributed by atoms with Crippen LogP contribution in [0.2, 0.25) is 0 Å². The van der Waals surface area contributed by atoms with Gasteiger partial charge in [0.2, 0.25) is 5.95 Å². The van der Waals surface area contributed by atoms with Gasteiger partial charge in [0.15, 0.2) is 0 Å². The summed E-state index contributed by atoms with van der Waals surface area (Å²) in [5, 5.41) is 9.40. The number of hydrogen-bond donors (Lipinski definition) is 3. The van der Waals surface area contributed by atoms with Gasteiger partial charge in [-0.1, -0.05) is 18.2 Å². The summed E-state index contributed by atoms with van der Waals surface area (Å²) < 4.78 is 21.1. The van der Waals surface area contributed by atoms with Crippen molar-refractivity contribution in [3.63, 3.8) is 0 Å². The highest BCUT2D eigenvalue weighted by molar-refractivity contribution is 6.05. The number of halogens is 1. The quantitative estimate of drug-likeness (QED) is 0.482. The van der Waals surface area contributed by atoms with E-state index in [1.807, 2.05) is 32.9 Å². The molecule has 2 aliphatic rings.